The molecule has 2 aromatic rings. The van der Waals surface area contributed by atoms with Crippen LogP contribution in [0.5, 0.6) is 0 Å². The number of pyridine rings is 1. The molecule has 0 radical (unpaired) electrons. The average Bonchev–Trinajstić information content (AvgIpc) is 2.34. The summed E-state index contributed by atoms with van der Waals surface area (Å²) >= 11 is 11.9. The monoisotopic (exact) mass is 316 g/mol. The molecule has 0 bridgehead atoms. The molecule has 0 fully saturated rings. The van der Waals surface area contributed by atoms with E-state index in [2.05, 4.69) is 4.98 Å². The van der Waals surface area contributed by atoms with E-state index in [-0.39, 0.29) is 16.5 Å². The van der Waals surface area contributed by atoms with Crippen molar-refractivity contribution in [1.82, 2.24) is 4.98 Å². The van der Waals surface area contributed by atoms with Gasteiger partial charge in [-0.25, -0.2) is 13.4 Å². The van der Waals surface area contributed by atoms with Crippen molar-refractivity contribution in [3.63, 3.8) is 0 Å². The van der Waals surface area contributed by atoms with E-state index in [9.17, 15) is 8.42 Å². The highest BCUT2D eigenvalue weighted by atomic mass is 35.5. The number of hydrogen-bond donors (Lipinski definition) is 1. The predicted molar refractivity (Wildman–Crippen MR) is 76.0 cm³/mol. The minimum atomic E-state index is -3.69. The summed E-state index contributed by atoms with van der Waals surface area (Å²) < 4.78 is 24.5. The van der Waals surface area contributed by atoms with Crippen LogP contribution in [0.25, 0.3) is 0 Å². The Morgan fingerprint density at radius 1 is 1.11 bits per heavy atom. The lowest BCUT2D eigenvalue weighted by Gasteiger charge is -2.09. The summed E-state index contributed by atoms with van der Waals surface area (Å²) in [6, 6.07) is 7.86. The number of halogens is 2. The molecule has 1 aromatic carbocycles. The second-order valence-electron chi connectivity index (χ2n) is 3.86. The highest BCUT2D eigenvalue weighted by molar-refractivity contribution is 7.90. The number of nitrogens with two attached hydrogens (primary N) is 1. The molecule has 1 heterocycles. The van der Waals surface area contributed by atoms with Crippen LogP contribution in [0.4, 0.5) is 5.69 Å². The van der Waals surface area contributed by atoms with E-state index in [1.54, 1.807) is 24.3 Å². The summed E-state index contributed by atoms with van der Waals surface area (Å²) in [5.41, 5.74) is 6.07. The molecular formula is C12H10Cl2N2O2S. The van der Waals surface area contributed by atoms with Crippen LogP contribution in [-0.4, -0.2) is 13.4 Å². The molecule has 0 amide bonds. The number of benzene rings is 1. The van der Waals surface area contributed by atoms with Gasteiger partial charge in [0, 0.05) is 21.8 Å². The molecule has 0 aliphatic carbocycles. The number of sulfone groups is 1. The first-order chi connectivity index (χ1) is 8.92. The van der Waals surface area contributed by atoms with Crippen LogP contribution in [0, 0.1) is 0 Å². The van der Waals surface area contributed by atoms with Gasteiger partial charge in [0.2, 0.25) is 9.84 Å². The molecule has 0 unspecified atom stereocenters. The largest absolute Gasteiger partial charge is 0.396 e. The van der Waals surface area contributed by atoms with Crippen molar-refractivity contribution >= 4 is 38.7 Å². The molecule has 0 atom stereocenters. The summed E-state index contributed by atoms with van der Waals surface area (Å²) in [5, 5.41) is 0.433. The minimum Gasteiger partial charge on any atom is -0.396 e. The van der Waals surface area contributed by atoms with Gasteiger partial charge in [-0.15, -0.1) is 0 Å². The van der Waals surface area contributed by atoms with Crippen LogP contribution in [0.1, 0.15) is 5.56 Å². The lowest BCUT2D eigenvalue weighted by Crippen LogP contribution is -2.10. The summed E-state index contributed by atoms with van der Waals surface area (Å²) in [6.07, 6.45) is 1.37. The van der Waals surface area contributed by atoms with Crippen molar-refractivity contribution in [3.8, 4) is 0 Å². The van der Waals surface area contributed by atoms with Gasteiger partial charge in [-0.3, -0.25) is 0 Å². The van der Waals surface area contributed by atoms with Gasteiger partial charge in [0.1, 0.15) is 0 Å². The normalized spacial score (nSPS) is 11.5. The van der Waals surface area contributed by atoms with Crippen molar-refractivity contribution in [3.05, 3.63) is 52.1 Å². The third kappa shape index (κ3) is 3.00. The molecule has 0 saturated carbocycles. The van der Waals surface area contributed by atoms with Crippen molar-refractivity contribution in [2.75, 3.05) is 5.73 Å². The SMILES string of the molecule is Nc1cccnc1S(=O)(=O)Cc1c(Cl)cccc1Cl. The molecule has 2 N–H and O–H groups in total. The van der Waals surface area contributed by atoms with Gasteiger partial charge in [-0.2, -0.15) is 0 Å². The Morgan fingerprint density at radius 3 is 2.32 bits per heavy atom. The van der Waals surface area contributed by atoms with Crippen molar-refractivity contribution in [2.45, 2.75) is 10.8 Å². The van der Waals surface area contributed by atoms with E-state index < -0.39 is 9.84 Å². The van der Waals surface area contributed by atoms with Gasteiger partial charge in [-0.05, 0) is 24.3 Å². The van der Waals surface area contributed by atoms with Crippen LogP contribution in [0.3, 0.4) is 0 Å². The quantitative estimate of drug-likeness (QED) is 0.944. The maximum atomic E-state index is 12.3. The number of rotatable bonds is 3. The lowest BCUT2D eigenvalue weighted by atomic mass is 10.2. The standard InChI is InChI=1S/C12H10Cl2N2O2S/c13-9-3-1-4-10(14)8(9)7-19(17,18)12-11(15)5-2-6-16-12/h1-6H,7,15H2. The van der Waals surface area contributed by atoms with Crippen LogP contribution in [0.15, 0.2) is 41.6 Å². The van der Waals surface area contributed by atoms with E-state index in [1.807, 2.05) is 0 Å². The van der Waals surface area contributed by atoms with Gasteiger partial charge < -0.3 is 5.73 Å². The van der Waals surface area contributed by atoms with E-state index in [0.717, 1.165) is 0 Å². The zero-order valence-corrected chi connectivity index (χ0v) is 12.0. The number of nitrogen functional groups attached to an aromatic ring is 1. The Balaban J connectivity index is 2.46. The van der Waals surface area contributed by atoms with Crippen molar-refractivity contribution in [1.29, 1.82) is 0 Å². The number of hydrogen-bond acceptors (Lipinski definition) is 4. The maximum Gasteiger partial charge on any atom is 0.201 e. The van der Waals surface area contributed by atoms with Gasteiger partial charge >= 0.3 is 0 Å². The van der Waals surface area contributed by atoms with Crippen LogP contribution < -0.4 is 5.73 Å². The minimum absolute atomic E-state index is 0.102. The molecule has 1 aromatic heterocycles. The van der Waals surface area contributed by atoms with E-state index in [1.165, 1.54) is 12.3 Å². The molecule has 19 heavy (non-hydrogen) atoms. The number of nitrogens with zero attached hydrogens (tertiary/aromatic N) is 1. The first-order valence-electron chi connectivity index (χ1n) is 5.28. The van der Waals surface area contributed by atoms with E-state index in [4.69, 9.17) is 28.9 Å². The predicted octanol–water partition coefficient (Wildman–Crippen LogP) is 2.94. The zero-order valence-electron chi connectivity index (χ0n) is 9.68. The first kappa shape index (κ1) is 14.1. The first-order valence-corrected chi connectivity index (χ1v) is 7.69. The highest BCUT2D eigenvalue weighted by Gasteiger charge is 2.22. The zero-order chi connectivity index (χ0) is 14.0. The van der Waals surface area contributed by atoms with Crippen molar-refractivity contribution < 1.29 is 8.42 Å². The molecular weight excluding hydrogens is 307 g/mol. The number of anilines is 1. The fraction of sp³-hybridized carbons (Fsp3) is 0.0833. The molecule has 2 rings (SSSR count). The third-order valence-electron chi connectivity index (χ3n) is 2.49. The second-order valence-corrected chi connectivity index (χ2v) is 6.58. The van der Waals surface area contributed by atoms with Gasteiger partial charge in [0.25, 0.3) is 0 Å². The van der Waals surface area contributed by atoms with Gasteiger partial charge in [0.15, 0.2) is 5.03 Å². The Hall–Kier alpha value is -1.30. The topological polar surface area (TPSA) is 73.0 Å². The molecule has 0 aliphatic rings. The van der Waals surface area contributed by atoms with E-state index in [0.29, 0.717) is 15.6 Å². The molecule has 4 nitrogen and oxygen atoms in total. The Labute approximate surface area is 121 Å². The number of aromatic nitrogens is 1. The Bertz CT molecular complexity index is 697. The van der Waals surface area contributed by atoms with Crippen molar-refractivity contribution in [2.24, 2.45) is 0 Å². The molecule has 0 aliphatic heterocycles. The summed E-state index contributed by atoms with van der Waals surface area (Å²) in [5.74, 6) is -0.341. The highest BCUT2D eigenvalue weighted by Crippen LogP contribution is 2.29. The smallest absolute Gasteiger partial charge is 0.201 e. The third-order valence-corrected chi connectivity index (χ3v) is 4.80. The Morgan fingerprint density at radius 2 is 1.74 bits per heavy atom. The van der Waals surface area contributed by atoms with Crippen LogP contribution in [0.2, 0.25) is 10.0 Å². The summed E-state index contributed by atoms with van der Waals surface area (Å²) in [6.45, 7) is 0. The van der Waals surface area contributed by atoms with Crippen LogP contribution in [-0.2, 0) is 15.6 Å². The Kier molecular flexibility index (Phi) is 3.99. The second kappa shape index (κ2) is 5.36. The maximum absolute atomic E-state index is 12.3. The van der Waals surface area contributed by atoms with Crippen LogP contribution >= 0.6 is 23.2 Å². The molecule has 100 valence electrons. The van der Waals surface area contributed by atoms with E-state index >= 15 is 0 Å². The molecule has 0 spiro atoms. The molecule has 0 saturated heterocycles. The van der Waals surface area contributed by atoms with Gasteiger partial charge in [-0.1, -0.05) is 29.3 Å². The summed E-state index contributed by atoms with van der Waals surface area (Å²) in [4.78, 5) is 3.81. The van der Waals surface area contributed by atoms with Gasteiger partial charge in [0.05, 0.1) is 11.4 Å². The summed E-state index contributed by atoms with van der Waals surface area (Å²) in [7, 11) is -3.69. The lowest BCUT2D eigenvalue weighted by molar-refractivity contribution is 0.592. The fourth-order valence-electron chi connectivity index (χ4n) is 1.59. The fourth-order valence-corrected chi connectivity index (χ4v) is 3.76. The molecule has 7 heteroatoms. The average molecular weight is 317 g/mol.